The third-order valence-corrected chi connectivity index (χ3v) is 7.10. The lowest BCUT2D eigenvalue weighted by molar-refractivity contribution is -0.138. The lowest BCUT2D eigenvalue weighted by Gasteiger charge is -2.31. The van der Waals surface area contributed by atoms with Crippen molar-refractivity contribution < 1.29 is 19.4 Å². The lowest BCUT2D eigenvalue weighted by atomic mass is 9.69. The van der Waals surface area contributed by atoms with Crippen LogP contribution in [0.4, 0.5) is 0 Å². The maximum atomic E-state index is 12.7. The van der Waals surface area contributed by atoms with Crippen molar-refractivity contribution in [2.45, 2.75) is 52.1 Å². The van der Waals surface area contributed by atoms with E-state index in [1.165, 1.54) is 21.6 Å². The van der Waals surface area contributed by atoms with Crippen LogP contribution in [0, 0.1) is 17.8 Å². The molecule has 4 atom stereocenters. The molecule has 2 heterocycles. The van der Waals surface area contributed by atoms with Crippen LogP contribution >= 0.6 is 0 Å². The molecule has 2 amide bonds. The normalized spacial score (nSPS) is 28.9. The maximum absolute atomic E-state index is 12.7. The highest BCUT2D eigenvalue weighted by atomic mass is 16.5. The summed E-state index contributed by atoms with van der Waals surface area (Å²) < 4.78 is 6.22. The van der Waals surface area contributed by atoms with Gasteiger partial charge < -0.3 is 9.84 Å². The average molecular weight is 410 g/mol. The van der Waals surface area contributed by atoms with E-state index in [4.69, 9.17) is 4.74 Å². The molecule has 0 radical (unpaired) electrons. The summed E-state index contributed by atoms with van der Waals surface area (Å²) >= 11 is 0. The number of nitrogens with zero attached hydrogens (tertiary/aromatic N) is 1. The Morgan fingerprint density at radius 2 is 1.90 bits per heavy atom. The molecule has 5 heteroatoms. The predicted octanol–water partition coefficient (Wildman–Crippen LogP) is 4.32. The van der Waals surface area contributed by atoms with Crippen LogP contribution in [0.3, 0.4) is 0 Å². The van der Waals surface area contributed by atoms with Crippen molar-refractivity contribution in [1.29, 1.82) is 0 Å². The summed E-state index contributed by atoms with van der Waals surface area (Å²) in [5, 5.41) is 9.48. The van der Waals surface area contributed by atoms with E-state index in [1.807, 2.05) is 12.1 Å². The molecule has 2 aliphatic heterocycles. The van der Waals surface area contributed by atoms with Crippen LogP contribution in [0.5, 0.6) is 5.75 Å². The monoisotopic (exact) mass is 409 g/mol. The number of hydrogen-bond acceptors (Lipinski definition) is 4. The number of hydrogen-bond donors (Lipinski definition) is 1. The molecule has 1 aromatic rings. The van der Waals surface area contributed by atoms with Crippen molar-refractivity contribution in [2.75, 3.05) is 13.7 Å². The first-order valence-corrected chi connectivity index (χ1v) is 11.1. The van der Waals surface area contributed by atoms with Gasteiger partial charge in [0.15, 0.2) is 0 Å². The minimum Gasteiger partial charge on any atom is -0.508 e. The number of rotatable bonds is 6. The molecule has 2 saturated heterocycles. The van der Waals surface area contributed by atoms with Crippen LogP contribution in [0.15, 0.2) is 41.0 Å². The third kappa shape index (κ3) is 3.60. The summed E-state index contributed by atoms with van der Waals surface area (Å²) in [6.45, 7) is 4.84. The largest absolute Gasteiger partial charge is 0.508 e. The predicted molar refractivity (Wildman–Crippen MR) is 116 cm³/mol. The number of phenols is 1. The summed E-state index contributed by atoms with van der Waals surface area (Å²) in [5.41, 5.74) is 5.05. The van der Waals surface area contributed by atoms with Crippen molar-refractivity contribution in [1.82, 2.24) is 4.90 Å². The van der Waals surface area contributed by atoms with Crippen molar-refractivity contribution in [3.63, 3.8) is 0 Å². The van der Waals surface area contributed by atoms with E-state index in [0.717, 1.165) is 31.2 Å². The molecule has 2 fully saturated rings. The van der Waals surface area contributed by atoms with Crippen molar-refractivity contribution in [3.8, 4) is 5.75 Å². The minimum atomic E-state index is -0.240. The van der Waals surface area contributed by atoms with Gasteiger partial charge in [0.1, 0.15) is 5.75 Å². The standard InChI is InChI=1S/C25H31NO4/c1-4-15(12-16-6-9-18(27)10-7-16)8-11-21-22-17(5-2)13-19-23(20(22)14-30-21)25(29)26(3)24(19)28/h6-7,9-10,12,19-21,23,27H,4-5,8,11,13-14H2,1-3H3/b15-12+/t19-,20+,21-,23-/m1/s1. The van der Waals surface area contributed by atoms with Gasteiger partial charge in [0.2, 0.25) is 11.8 Å². The number of likely N-dealkylation sites (tertiary alicyclic amines) is 1. The number of imide groups is 1. The van der Waals surface area contributed by atoms with Crippen LogP contribution in [0.1, 0.15) is 51.5 Å². The Hall–Kier alpha value is -2.40. The number of carbonyl (C=O) groups excluding carboxylic acids is 2. The highest BCUT2D eigenvalue weighted by Gasteiger charge is 2.55. The van der Waals surface area contributed by atoms with E-state index < -0.39 is 0 Å². The zero-order chi connectivity index (χ0) is 21.4. The maximum Gasteiger partial charge on any atom is 0.233 e. The molecule has 0 bridgehead atoms. The van der Waals surface area contributed by atoms with Gasteiger partial charge in [0.05, 0.1) is 24.5 Å². The molecule has 0 spiro atoms. The molecule has 4 rings (SSSR count). The second-order valence-corrected chi connectivity index (χ2v) is 8.70. The lowest BCUT2D eigenvalue weighted by Crippen LogP contribution is -2.33. The molecule has 0 saturated carbocycles. The fraction of sp³-hybridized carbons (Fsp3) is 0.520. The van der Waals surface area contributed by atoms with Gasteiger partial charge in [-0.2, -0.15) is 0 Å². The number of allylic oxidation sites excluding steroid dienone is 2. The Balaban J connectivity index is 1.52. The third-order valence-electron chi connectivity index (χ3n) is 7.10. The number of carbonyl (C=O) groups is 2. The highest BCUT2D eigenvalue weighted by molar-refractivity contribution is 6.05. The molecule has 3 aliphatic rings. The molecule has 160 valence electrons. The first-order chi connectivity index (χ1) is 14.4. The Morgan fingerprint density at radius 3 is 2.57 bits per heavy atom. The molecule has 1 aliphatic carbocycles. The molecule has 0 aromatic heterocycles. The summed E-state index contributed by atoms with van der Waals surface area (Å²) in [4.78, 5) is 26.6. The smallest absolute Gasteiger partial charge is 0.233 e. The summed E-state index contributed by atoms with van der Waals surface area (Å²) in [6.07, 6.45) is 6.61. The van der Waals surface area contributed by atoms with Gasteiger partial charge in [0.25, 0.3) is 0 Å². The fourth-order valence-electron chi connectivity index (χ4n) is 5.44. The van der Waals surface area contributed by atoms with Gasteiger partial charge in [-0.1, -0.05) is 43.2 Å². The number of aromatic hydroxyl groups is 1. The highest BCUT2D eigenvalue weighted by Crippen LogP contribution is 2.50. The van der Waals surface area contributed by atoms with Gasteiger partial charge in [-0.15, -0.1) is 0 Å². The number of phenolic OH excluding ortho intramolecular Hbond substituents is 1. The molecular formula is C25H31NO4. The topological polar surface area (TPSA) is 66.8 Å². The summed E-state index contributed by atoms with van der Waals surface area (Å²) in [6, 6.07) is 7.26. The molecular weight excluding hydrogens is 378 g/mol. The Labute approximate surface area is 178 Å². The first kappa shape index (κ1) is 20.9. The molecule has 30 heavy (non-hydrogen) atoms. The Morgan fingerprint density at radius 1 is 1.17 bits per heavy atom. The summed E-state index contributed by atoms with van der Waals surface area (Å²) in [7, 11) is 1.61. The quantitative estimate of drug-likeness (QED) is 0.561. The second-order valence-electron chi connectivity index (χ2n) is 8.70. The van der Waals surface area contributed by atoms with Gasteiger partial charge in [-0.05, 0) is 55.4 Å². The average Bonchev–Trinajstić information content (AvgIpc) is 3.27. The second kappa shape index (κ2) is 8.38. The van der Waals surface area contributed by atoms with Crippen molar-refractivity contribution >= 4 is 17.9 Å². The molecule has 1 N–H and O–H groups in total. The molecule has 1 aromatic carbocycles. The van der Waals surface area contributed by atoms with Crippen molar-refractivity contribution in [2.24, 2.45) is 17.8 Å². The Bertz CT molecular complexity index is 898. The first-order valence-electron chi connectivity index (χ1n) is 11.1. The van der Waals surface area contributed by atoms with Gasteiger partial charge in [-0.25, -0.2) is 0 Å². The number of fused-ring (bicyclic) bond motifs is 3. The zero-order valence-corrected chi connectivity index (χ0v) is 18.1. The Kier molecular flexibility index (Phi) is 5.83. The van der Waals surface area contributed by atoms with Gasteiger partial charge >= 0.3 is 0 Å². The summed E-state index contributed by atoms with van der Waals surface area (Å²) in [5.74, 6) is -0.172. The van der Waals surface area contributed by atoms with Crippen LogP contribution in [0.2, 0.25) is 0 Å². The van der Waals surface area contributed by atoms with Crippen molar-refractivity contribution in [3.05, 3.63) is 46.5 Å². The van der Waals surface area contributed by atoms with E-state index in [1.54, 1.807) is 19.2 Å². The number of benzene rings is 1. The van der Waals surface area contributed by atoms with E-state index in [0.29, 0.717) is 13.0 Å². The van der Waals surface area contributed by atoms with Crippen LogP contribution in [0.25, 0.3) is 6.08 Å². The number of ether oxygens (including phenoxy) is 1. The molecule has 0 unspecified atom stereocenters. The van der Waals surface area contributed by atoms with E-state index in [9.17, 15) is 14.7 Å². The number of amides is 2. The fourth-order valence-corrected chi connectivity index (χ4v) is 5.44. The molecule has 5 nitrogen and oxygen atoms in total. The van der Waals surface area contributed by atoms with Crippen LogP contribution in [-0.4, -0.2) is 41.6 Å². The SMILES string of the molecule is CCC1=C2[C@@H](CC/C(=C/c3ccc(O)cc3)CC)OC[C@@H]2[C@@H]2C(=O)N(C)C(=O)[C@@H]2C1. The van der Waals surface area contributed by atoms with Crippen LogP contribution in [-0.2, 0) is 14.3 Å². The zero-order valence-electron chi connectivity index (χ0n) is 18.1. The van der Waals surface area contributed by atoms with E-state index in [2.05, 4.69) is 19.9 Å². The van der Waals surface area contributed by atoms with Gasteiger partial charge in [0, 0.05) is 13.0 Å². The van der Waals surface area contributed by atoms with E-state index >= 15 is 0 Å². The van der Waals surface area contributed by atoms with Gasteiger partial charge in [-0.3, -0.25) is 14.5 Å². The minimum absolute atomic E-state index is 0.0245. The van der Waals surface area contributed by atoms with Crippen LogP contribution < -0.4 is 0 Å². The van der Waals surface area contributed by atoms with E-state index in [-0.39, 0.29) is 41.4 Å².